The molecule has 0 aliphatic heterocycles. The first kappa shape index (κ1) is 21.9. The van der Waals surface area contributed by atoms with Gasteiger partial charge in [-0.3, -0.25) is 0 Å². The first-order chi connectivity index (χ1) is 13.0. The van der Waals surface area contributed by atoms with Crippen LogP contribution in [-0.2, 0) is 21.0 Å². The number of carbonyl (C=O) groups is 1. The Labute approximate surface area is 166 Å². The molecule has 6 nitrogen and oxygen atoms in total. The van der Waals surface area contributed by atoms with E-state index in [0.717, 1.165) is 5.56 Å². The van der Waals surface area contributed by atoms with Gasteiger partial charge in [0.2, 0.25) is 9.84 Å². The summed E-state index contributed by atoms with van der Waals surface area (Å²) < 4.78 is 31.3. The third-order valence-electron chi connectivity index (χ3n) is 4.00. The van der Waals surface area contributed by atoms with Gasteiger partial charge < -0.3 is 15.2 Å². The maximum absolute atomic E-state index is 13.1. The normalized spacial score (nSPS) is 13.0. The molecule has 2 rings (SSSR count). The van der Waals surface area contributed by atoms with Crippen molar-refractivity contribution in [2.24, 2.45) is 0 Å². The molecule has 0 heterocycles. The average molecular weight is 406 g/mol. The van der Waals surface area contributed by atoms with Crippen LogP contribution in [0.1, 0.15) is 31.9 Å². The number of ether oxygens (including phenoxy) is 1. The van der Waals surface area contributed by atoms with Crippen LogP contribution in [0.2, 0.25) is 0 Å². The van der Waals surface area contributed by atoms with Crippen molar-refractivity contribution in [1.29, 1.82) is 0 Å². The van der Waals surface area contributed by atoms with Crippen LogP contribution in [-0.4, -0.2) is 37.9 Å². The second-order valence-electron chi connectivity index (χ2n) is 7.65. The highest BCUT2D eigenvalue weighted by Gasteiger charge is 2.24. The van der Waals surface area contributed by atoms with Gasteiger partial charge in [0.15, 0.2) is 0 Å². The minimum atomic E-state index is -3.72. The van der Waals surface area contributed by atoms with Gasteiger partial charge in [-0.25, -0.2) is 13.2 Å². The number of amides is 1. The predicted molar refractivity (Wildman–Crippen MR) is 107 cm³/mol. The minimum Gasteiger partial charge on any atom is -0.444 e. The van der Waals surface area contributed by atoms with Crippen molar-refractivity contribution in [2.45, 2.75) is 55.5 Å². The van der Waals surface area contributed by atoms with E-state index < -0.39 is 27.6 Å². The van der Waals surface area contributed by atoms with Crippen LogP contribution < -0.4 is 5.32 Å². The number of aryl methyl sites for hydroxylation is 1. The maximum atomic E-state index is 13.1. The Morgan fingerprint density at radius 1 is 1.11 bits per heavy atom. The number of carbonyl (C=O) groups excluding carboxylic acids is 1. The number of hydrogen-bond donors (Lipinski definition) is 2. The van der Waals surface area contributed by atoms with Crippen molar-refractivity contribution >= 4 is 15.9 Å². The molecule has 2 aromatic carbocycles. The van der Waals surface area contributed by atoms with Gasteiger partial charge in [0, 0.05) is 0 Å². The molecule has 0 fully saturated rings. The van der Waals surface area contributed by atoms with Crippen LogP contribution >= 0.6 is 0 Å². The molecule has 2 aromatic rings. The second-order valence-corrected chi connectivity index (χ2v) is 9.57. The number of nitrogens with one attached hydrogen (secondary N) is 1. The molecule has 0 spiro atoms. The summed E-state index contributed by atoms with van der Waals surface area (Å²) in [6.45, 7) is 6.76. The molecule has 1 amide bonds. The number of rotatable bonds is 6. The molecule has 0 saturated carbocycles. The van der Waals surface area contributed by atoms with Crippen LogP contribution in [0.5, 0.6) is 0 Å². The van der Waals surface area contributed by atoms with E-state index in [2.05, 4.69) is 5.32 Å². The molecule has 0 aliphatic carbocycles. The Bertz CT molecular complexity index is 915. The highest BCUT2D eigenvalue weighted by atomic mass is 32.2. The molecule has 0 saturated heterocycles. The molecular formula is C21H27NO5S. The molecule has 0 aromatic heterocycles. The van der Waals surface area contributed by atoms with E-state index in [4.69, 9.17) is 4.74 Å². The molecule has 0 unspecified atom stereocenters. The second kappa shape index (κ2) is 8.75. The Balaban J connectivity index is 2.27. The van der Waals surface area contributed by atoms with Gasteiger partial charge in [0.25, 0.3) is 0 Å². The maximum Gasteiger partial charge on any atom is 0.407 e. The topological polar surface area (TPSA) is 92.7 Å². The first-order valence-corrected chi connectivity index (χ1v) is 10.5. The van der Waals surface area contributed by atoms with Crippen LogP contribution in [0.25, 0.3) is 0 Å². The summed E-state index contributed by atoms with van der Waals surface area (Å²) >= 11 is 0. The van der Waals surface area contributed by atoms with Gasteiger partial charge in [0.1, 0.15) is 5.60 Å². The van der Waals surface area contributed by atoms with E-state index in [1.807, 2.05) is 6.92 Å². The van der Waals surface area contributed by atoms with Crippen LogP contribution in [0.4, 0.5) is 4.79 Å². The summed E-state index contributed by atoms with van der Waals surface area (Å²) in [4.78, 5) is 12.3. The predicted octanol–water partition coefficient (Wildman–Crippen LogP) is 3.26. The molecule has 7 heteroatoms. The molecule has 0 bridgehead atoms. The molecule has 28 heavy (non-hydrogen) atoms. The summed E-state index contributed by atoms with van der Waals surface area (Å²) in [6, 6.07) is 12.6. The van der Waals surface area contributed by atoms with E-state index in [-0.39, 0.29) is 22.8 Å². The molecule has 0 radical (unpaired) electrons. The molecule has 2 N–H and O–H groups in total. The lowest BCUT2D eigenvalue weighted by Gasteiger charge is -2.23. The first-order valence-electron chi connectivity index (χ1n) is 9.03. The van der Waals surface area contributed by atoms with Gasteiger partial charge in [0.05, 0.1) is 22.4 Å². The number of hydrogen-bond acceptors (Lipinski definition) is 5. The Morgan fingerprint density at radius 3 is 2.29 bits per heavy atom. The van der Waals surface area contributed by atoms with Gasteiger partial charge >= 0.3 is 6.09 Å². The summed E-state index contributed by atoms with van der Waals surface area (Å²) in [5.41, 5.74) is 0.809. The molecule has 152 valence electrons. The molecule has 0 aliphatic rings. The van der Waals surface area contributed by atoms with Crippen molar-refractivity contribution in [3.8, 4) is 0 Å². The highest BCUT2D eigenvalue weighted by Crippen LogP contribution is 2.25. The molecular weight excluding hydrogens is 378 g/mol. The Hall–Kier alpha value is -2.38. The summed E-state index contributed by atoms with van der Waals surface area (Å²) in [7, 11) is -3.72. The monoisotopic (exact) mass is 405 g/mol. The van der Waals surface area contributed by atoms with E-state index in [1.165, 1.54) is 6.07 Å². The number of alkyl carbamates (subject to hydrolysis) is 1. The zero-order chi connectivity index (χ0) is 20.9. The van der Waals surface area contributed by atoms with Crippen molar-refractivity contribution in [3.63, 3.8) is 0 Å². The van der Waals surface area contributed by atoms with Crippen molar-refractivity contribution < 1.29 is 23.1 Å². The lowest BCUT2D eigenvalue weighted by molar-refractivity contribution is 0.0482. The minimum absolute atomic E-state index is 0.150. The Morgan fingerprint density at radius 2 is 1.71 bits per heavy atom. The smallest absolute Gasteiger partial charge is 0.407 e. The summed E-state index contributed by atoms with van der Waals surface area (Å²) in [5.74, 6) is 0. The number of aliphatic hydroxyl groups is 1. The van der Waals surface area contributed by atoms with Crippen LogP contribution in [0, 0.1) is 6.92 Å². The Kier molecular flexibility index (Phi) is 6.85. The zero-order valence-corrected chi connectivity index (χ0v) is 17.4. The largest absolute Gasteiger partial charge is 0.444 e. The quantitative estimate of drug-likeness (QED) is 0.770. The number of aliphatic hydroxyl groups excluding tert-OH is 1. The van der Waals surface area contributed by atoms with Crippen LogP contribution in [0.15, 0.2) is 58.3 Å². The fourth-order valence-corrected chi connectivity index (χ4v) is 4.18. The third kappa shape index (κ3) is 5.81. The number of sulfone groups is 1. The number of benzene rings is 2. The van der Waals surface area contributed by atoms with E-state index in [9.17, 15) is 18.3 Å². The molecule has 1 atom stereocenters. The fraction of sp³-hybridized carbons (Fsp3) is 0.381. The van der Waals surface area contributed by atoms with Crippen molar-refractivity contribution in [1.82, 2.24) is 5.32 Å². The highest BCUT2D eigenvalue weighted by molar-refractivity contribution is 7.91. The standard InChI is InChI=1S/C21H27NO5S/c1-15-9-11-18(12-10-15)28(25,26)19-8-6-5-7-16(19)13-17(14-23)22-20(24)27-21(2,3)4/h5-12,17,23H,13-14H2,1-4H3,(H,22,24)/t17-/m0/s1. The van der Waals surface area contributed by atoms with Gasteiger partial charge in [-0.15, -0.1) is 0 Å². The lowest BCUT2D eigenvalue weighted by Crippen LogP contribution is -2.42. The van der Waals surface area contributed by atoms with Crippen molar-refractivity contribution in [2.75, 3.05) is 6.61 Å². The SMILES string of the molecule is Cc1ccc(S(=O)(=O)c2ccccc2C[C@@H](CO)NC(=O)OC(C)(C)C)cc1. The van der Waals surface area contributed by atoms with Crippen molar-refractivity contribution in [3.05, 3.63) is 59.7 Å². The van der Waals surface area contributed by atoms with Gasteiger partial charge in [-0.05, 0) is 57.9 Å². The third-order valence-corrected chi connectivity index (χ3v) is 5.87. The van der Waals surface area contributed by atoms with Gasteiger partial charge in [-0.2, -0.15) is 0 Å². The van der Waals surface area contributed by atoms with Crippen LogP contribution in [0.3, 0.4) is 0 Å². The van der Waals surface area contributed by atoms with Gasteiger partial charge in [-0.1, -0.05) is 35.9 Å². The average Bonchev–Trinajstić information content (AvgIpc) is 2.60. The summed E-state index contributed by atoms with van der Waals surface area (Å²) in [5, 5.41) is 12.2. The fourth-order valence-electron chi connectivity index (χ4n) is 2.68. The summed E-state index contributed by atoms with van der Waals surface area (Å²) in [6.07, 6.45) is -0.512. The van der Waals surface area contributed by atoms with E-state index in [1.54, 1.807) is 63.2 Å². The zero-order valence-electron chi connectivity index (χ0n) is 16.6. The lowest BCUT2D eigenvalue weighted by atomic mass is 10.1. The van der Waals surface area contributed by atoms with E-state index in [0.29, 0.717) is 5.56 Å². The van der Waals surface area contributed by atoms with E-state index >= 15 is 0 Å².